The molecule has 18 heavy (non-hydrogen) atoms. The van der Waals surface area contributed by atoms with Gasteiger partial charge in [0.25, 0.3) is 0 Å². The molecule has 0 radical (unpaired) electrons. The standard InChI is InChI=1S/C13H24N2O3/c1-2-18-13(17)10-15(11-7-8-11)12(16)6-4-3-5-9-14/h11H,2-10,14H2,1H3. The quantitative estimate of drug-likeness (QED) is 0.494. The summed E-state index contributed by atoms with van der Waals surface area (Å²) in [5.41, 5.74) is 5.41. The molecule has 104 valence electrons. The molecule has 1 rings (SSSR count). The first kappa shape index (κ1) is 15.0. The molecule has 1 amide bonds. The van der Waals surface area contributed by atoms with Crippen LogP contribution in [0.5, 0.6) is 0 Å². The highest BCUT2D eigenvalue weighted by Gasteiger charge is 2.33. The first-order valence-electron chi connectivity index (χ1n) is 6.84. The Hall–Kier alpha value is -1.10. The fourth-order valence-corrected chi connectivity index (χ4v) is 1.89. The first-order valence-corrected chi connectivity index (χ1v) is 6.84. The number of amides is 1. The van der Waals surface area contributed by atoms with E-state index >= 15 is 0 Å². The van der Waals surface area contributed by atoms with Gasteiger partial charge in [-0.15, -0.1) is 0 Å². The Kier molecular flexibility index (Phi) is 6.72. The summed E-state index contributed by atoms with van der Waals surface area (Å²) in [7, 11) is 0. The van der Waals surface area contributed by atoms with Crippen molar-refractivity contribution in [3.63, 3.8) is 0 Å². The van der Waals surface area contributed by atoms with Crippen LogP contribution in [0.1, 0.15) is 45.4 Å². The number of esters is 1. The van der Waals surface area contributed by atoms with Crippen LogP contribution in [0.2, 0.25) is 0 Å². The Labute approximate surface area is 109 Å². The largest absolute Gasteiger partial charge is 0.465 e. The van der Waals surface area contributed by atoms with E-state index in [-0.39, 0.29) is 24.5 Å². The summed E-state index contributed by atoms with van der Waals surface area (Å²) in [6.45, 7) is 2.91. The van der Waals surface area contributed by atoms with Gasteiger partial charge in [-0.05, 0) is 39.2 Å². The number of nitrogens with two attached hydrogens (primary N) is 1. The number of hydrogen-bond acceptors (Lipinski definition) is 4. The zero-order valence-corrected chi connectivity index (χ0v) is 11.2. The van der Waals surface area contributed by atoms with Crippen LogP contribution in [-0.2, 0) is 14.3 Å². The lowest BCUT2D eigenvalue weighted by Gasteiger charge is -2.21. The second-order valence-electron chi connectivity index (χ2n) is 4.66. The van der Waals surface area contributed by atoms with Crippen molar-refractivity contribution in [2.75, 3.05) is 19.7 Å². The summed E-state index contributed by atoms with van der Waals surface area (Å²) >= 11 is 0. The molecule has 1 saturated carbocycles. The average Bonchev–Trinajstić information content (AvgIpc) is 3.16. The number of rotatable bonds is 9. The highest BCUT2D eigenvalue weighted by Crippen LogP contribution is 2.27. The van der Waals surface area contributed by atoms with Gasteiger partial charge in [-0.2, -0.15) is 0 Å². The minimum atomic E-state index is -0.306. The van der Waals surface area contributed by atoms with Crippen LogP contribution in [0, 0.1) is 0 Å². The fourth-order valence-electron chi connectivity index (χ4n) is 1.89. The summed E-state index contributed by atoms with van der Waals surface area (Å²) in [5, 5.41) is 0. The van der Waals surface area contributed by atoms with E-state index < -0.39 is 0 Å². The van der Waals surface area contributed by atoms with Crippen molar-refractivity contribution in [1.29, 1.82) is 0 Å². The third kappa shape index (κ3) is 5.49. The number of ether oxygens (including phenoxy) is 1. The highest BCUT2D eigenvalue weighted by molar-refractivity contribution is 5.82. The Morgan fingerprint density at radius 3 is 2.56 bits per heavy atom. The molecule has 5 heteroatoms. The van der Waals surface area contributed by atoms with E-state index in [1.165, 1.54) is 0 Å². The zero-order valence-electron chi connectivity index (χ0n) is 11.2. The van der Waals surface area contributed by atoms with Gasteiger partial charge in [-0.1, -0.05) is 6.42 Å². The number of nitrogens with zero attached hydrogens (tertiary/aromatic N) is 1. The normalized spacial score (nSPS) is 14.3. The van der Waals surface area contributed by atoms with Crippen LogP contribution in [0.25, 0.3) is 0 Å². The van der Waals surface area contributed by atoms with Crippen LogP contribution < -0.4 is 5.73 Å². The molecule has 2 N–H and O–H groups in total. The van der Waals surface area contributed by atoms with E-state index in [4.69, 9.17) is 10.5 Å². The third-order valence-corrected chi connectivity index (χ3v) is 3.01. The predicted molar refractivity (Wildman–Crippen MR) is 68.9 cm³/mol. The van der Waals surface area contributed by atoms with Crippen LogP contribution in [0.3, 0.4) is 0 Å². The Bertz CT molecular complexity index is 277. The van der Waals surface area contributed by atoms with E-state index in [0.29, 0.717) is 19.6 Å². The van der Waals surface area contributed by atoms with E-state index in [9.17, 15) is 9.59 Å². The van der Waals surface area contributed by atoms with Crippen molar-refractivity contribution < 1.29 is 14.3 Å². The molecule has 1 aliphatic rings. The predicted octanol–water partition coefficient (Wildman–Crippen LogP) is 1.06. The summed E-state index contributed by atoms with van der Waals surface area (Å²) < 4.78 is 4.89. The topological polar surface area (TPSA) is 72.6 Å². The number of carbonyl (C=O) groups excluding carboxylic acids is 2. The molecule has 0 atom stereocenters. The minimum absolute atomic E-state index is 0.0718. The first-order chi connectivity index (χ1) is 8.69. The lowest BCUT2D eigenvalue weighted by Crippen LogP contribution is -2.38. The van der Waals surface area contributed by atoms with Crippen molar-refractivity contribution in [2.24, 2.45) is 5.73 Å². The van der Waals surface area contributed by atoms with Gasteiger partial charge >= 0.3 is 5.97 Å². The van der Waals surface area contributed by atoms with Gasteiger partial charge in [-0.25, -0.2) is 0 Å². The monoisotopic (exact) mass is 256 g/mol. The van der Waals surface area contributed by atoms with Crippen LogP contribution in [-0.4, -0.2) is 42.5 Å². The summed E-state index contributed by atoms with van der Waals surface area (Å²) in [6, 6.07) is 0.261. The van der Waals surface area contributed by atoms with Crippen molar-refractivity contribution in [1.82, 2.24) is 4.90 Å². The summed E-state index contributed by atoms with van der Waals surface area (Å²) in [6.07, 6.45) is 5.30. The molecule has 1 fully saturated rings. The lowest BCUT2D eigenvalue weighted by molar-refractivity contribution is -0.149. The highest BCUT2D eigenvalue weighted by atomic mass is 16.5. The molecule has 0 aliphatic heterocycles. The molecule has 0 saturated heterocycles. The Morgan fingerprint density at radius 2 is 2.00 bits per heavy atom. The molecular weight excluding hydrogens is 232 g/mol. The Morgan fingerprint density at radius 1 is 1.28 bits per heavy atom. The van der Waals surface area contributed by atoms with Gasteiger partial charge in [0.05, 0.1) is 6.61 Å². The zero-order chi connectivity index (χ0) is 13.4. The Balaban J connectivity index is 2.31. The van der Waals surface area contributed by atoms with Gasteiger partial charge < -0.3 is 15.4 Å². The van der Waals surface area contributed by atoms with Crippen molar-refractivity contribution in [3.05, 3.63) is 0 Å². The van der Waals surface area contributed by atoms with Crippen molar-refractivity contribution >= 4 is 11.9 Å². The number of hydrogen-bond donors (Lipinski definition) is 1. The number of carbonyl (C=O) groups is 2. The van der Waals surface area contributed by atoms with E-state index in [1.807, 2.05) is 0 Å². The maximum atomic E-state index is 12.0. The molecule has 0 spiro atoms. The number of unbranched alkanes of at least 4 members (excludes halogenated alkanes) is 2. The van der Waals surface area contributed by atoms with Crippen molar-refractivity contribution in [3.8, 4) is 0 Å². The van der Waals surface area contributed by atoms with Gasteiger partial charge in [0, 0.05) is 12.5 Å². The molecule has 1 aliphatic carbocycles. The average molecular weight is 256 g/mol. The summed E-state index contributed by atoms with van der Waals surface area (Å²) in [5.74, 6) is -0.234. The second kappa shape index (κ2) is 8.08. The molecule has 5 nitrogen and oxygen atoms in total. The van der Waals surface area contributed by atoms with Crippen molar-refractivity contribution in [2.45, 2.75) is 51.5 Å². The fraction of sp³-hybridized carbons (Fsp3) is 0.846. The maximum absolute atomic E-state index is 12.0. The van der Waals surface area contributed by atoms with Crippen LogP contribution in [0.15, 0.2) is 0 Å². The molecular formula is C13H24N2O3. The van der Waals surface area contributed by atoms with E-state index in [0.717, 1.165) is 32.1 Å². The molecule has 0 aromatic carbocycles. The lowest BCUT2D eigenvalue weighted by atomic mass is 10.2. The second-order valence-corrected chi connectivity index (χ2v) is 4.66. The SMILES string of the molecule is CCOC(=O)CN(C(=O)CCCCCN)C1CC1. The van der Waals surface area contributed by atoms with Gasteiger partial charge in [0.2, 0.25) is 5.91 Å². The summed E-state index contributed by atoms with van der Waals surface area (Å²) in [4.78, 5) is 25.1. The molecule has 0 bridgehead atoms. The smallest absolute Gasteiger partial charge is 0.325 e. The van der Waals surface area contributed by atoms with E-state index in [1.54, 1.807) is 11.8 Å². The van der Waals surface area contributed by atoms with Gasteiger partial charge in [-0.3, -0.25) is 9.59 Å². The van der Waals surface area contributed by atoms with Crippen LogP contribution in [0.4, 0.5) is 0 Å². The molecule has 0 aromatic heterocycles. The molecule has 0 unspecified atom stereocenters. The minimum Gasteiger partial charge on any atom is -0.465 e. The molecule has 0 heterocycles. The molecule has 0 aromatic rings. The third-order valence-electron chi connectivity index (χ3n) is 3.01. The maximum Gasteiger partial charge on any atom is 0.325 e. The van der Waals surface area contributed by atoms with E-state index in [2.05, 4.69) is 0 Å². The van der Waals surface area contributed by atoms with Gasteiger partial charge in [0.15, 0.2) is 0 Å². The van der Waals surface area contributed by atoms with Gasteiger partial charge in [0.1, 0.15) is 6.54 Å². The van der Waals surface area contributed by atoms with Crippen LogP contribution >= 0.6 is 0 Å².